The molecule has 232 valence electrons. The number of rotatable bonds is 19. The number of aromatic amines is 1. The molecule has 0 unspecified atom stereocenters. The highest BCUT2D eigenvalue weighted by molar-refractivity contribution is 7.87. The predicted molar refractivity (Wildman–Crippen MR) is 130 cm³/mol. The molecule has 0 aliphatic heterocycles. The molecular weight excluding hydrogens is 567 g/mol. The standard InChI is InChI=1S/C20H38N2.C4HF9O3S/c1-2-3-4-5-6-7-8-9-10-11-12-13-14-15-16-17-20-21-18-19-22-20;5-1(6,3(9,10)11)2(7,8)4(12,13)17(14,15)16/h18-19H,2-17H2,1H3,(H,21,22);(H,14,15,16). The van der Waals surface area contributed by atoms with Crippen molar-refractivity contribution in [3.63, 3.8) is 0 Å². The van der Waals surface area contributed by atoms with Crippen LogP contribution in [0.25, 0.3) is 0 Å². The van der Waals surface area contributed by atoms with Crippen LogP contribution in [0.2, 0.25) is 0 Å². The van der Waals surface area contributed by atoms with Crippen LogP contribution in [0.3, 0.4) is 0 Å². The minimum Gasteiger partial charge on any atom is -0.349 e. The van der Waals surface area contributed by atoms with E-state index in [0.29, 0.717) is 0 Å². The van der Waals surface area contributed by atoms with Gasteiger partial charge in [0.05, 0.1) is 0 Å². The molecule has 15 heteroatoms. The van der Waals surface area contributed by atoms with Crippen molar-refractivity contribution >= 4 is 10.1 Å². The van der Waals surface area contributed by atoms with E-state index in [9.17, 15) is 47.9 Å². The monoisotopic (exact) mass is 606 g/mol. The fourth-order valence-electron chi connectivity index (χ4n) is 3.62. The summed E-state index contributed by atoms with van der Waals surface area (Å²) in [7, 11) is -7.17. The van der Waals surface area contributed by atoms with Crippen molar-refractivity contribution in [2.75, 3.05) is 0 Å². The third kappa shape index (κ3) is 12.7. The molecule has 5 nitrogen and oxygen atoms in total. The Bertz CT molecular complexity index is 863. The van der Waals surface area contributed by atoms with Gasteiger partial charge in [-0.3, -0.25) is 4.55 Å². The topological polar surface area (TPSA) is 83.0 Å². The highest BCUT2D eigenvalue weighted by Gasteiger charge is 2.85. The van der Waals surface area contributed by atoms with Crippen molar-refractivity contribution in [2.45, 2.75) is 133 Å². The van der Waals surface area contributed by atoms with Crippen molar-refractivity contribution in [3.8, 4) is 0 Å². The Morgan fingerprint density at radius 3 is 1.38 bits per heavy atom. The van der Waals surface area contributed by atoms with Gasteiger partial charge in [0, 0.05) is 18.8 Å². The second-order valence-electron chi connectivity index (χ2n) is 9.37. The van der Waals surface area contributed by atoms with Gasteiger partial charge in [0.25, 0.3) is 0 Å². The molecule has 0 spiro atoms. The lowest BCUT2D eigenvalue weighted by molar-refractivity contribution is -0.382. The molecule has 1 heterocycles. The maximum Gasteiger partial charge on any atom is 0.460 e. The number of nitrogens with zero attached hydrogens (tertiary/aromatic N) is 1. The van der Waals surface area contributed by atoms with Crippen LogP contribution >= 0.6 is 0 Å². The normalized spacial score (nSPS) is 13.3. The zero-order valence-corrected chi connectivity index (χ0v) is 22.8. The predicted octanol–water partition coefficient (Wildman–Crippen LogP) is 9.12. The number of H-pyrrole nitrogens is 1. The van der Waals surface area contributed by atoms with E-state index < -0.39 is 33.4 Å². The Balaban J connectivity index is 0.000000768. The van der Waals surface area contributed by atoms with E-state index in [1.165, 1.54) is 96.3 Å². The molecule has 0 amide bonds. The fourth-order valence-corrected chi connectivity index (χ4v) is 4.07. The van der Waals surface area contributed by atoms with E-state index in [-0.39, 0.29) is 0 Å². The molecule has 0 bridgehead atoms. The summed E-state index contributed by atoms with van der Waals surface area (Å²) in [5, 5.41) is -7.00. The highest BCUT2D eigenvalue weighted by Crippen LogP contribution is 2.54. The summed E-state index contributed by atoms with van der Waals surface area (Å²) in [6.07, 6.45) is 19.2. The SMILES string of the molecule is CCCCCCCCCCCCCCCCCc1ncc[nH]1.O=S(=O)(O)C(F)(F)C(F)(F)C(F)(F)C(F)(F)F. The molecule has 0 aromatic carbocycles. The van der Waals surface area contributed by atoms with E-state index in [2.05, 4.69) is 16.9 Å². The summed E-state index contributed by atoms with van der Waals surface area (Å²) in [6, 6.07) is 0. The molecule has 0 saturated carbocycles. The van der Waals surface area contributed by atoms with Gasteiger partial charge in [0.1, 0.15) is 5.82 Å². The van der Waals surface area contributed by atoms with E-state index in [4.69, 9.17) is 4.55 Å². The van der Waals surface area contributed by atoms with E-state index in [1.807, 2.05) is 12.4 Å². The van der Waals surface area contributed by atoms with Crippen LogP contribution in [0.15, 0.2) is 12.4 Å². The van der Waals surface area contributed by atoms with Crippen LogP contribution in [0, 0.1) is 0 Å². The van der Waals surface area contributed by atoms with Crippen LogP contribution in [-0.2, 0) is 16.5 Å². The number of hydrogen-bond donors (Lipinski definition) is 2. The number of aryl methyl sites for hydroxylation is 1. The summed E-state index contributed by atoms with van der Waals surface area (Å²) in [5.41, 5.74) is 0. The summed E-state index contributed by atoms with van der Waals surface area (Å²) < 4.78 is 134. The largest absolute Gasteiger partial charge is 0.460 e. The number of aromatic nitrogens is 2. The molecule has 0 saturated heterocycles. The molecule has 2 N–H and O–H groups in total. The third-order valence-electron chi connectivity index (χ3n) is 6.01. The van der Waals surface area contributed by atoms with Gasteiger partial charge in [-0.25, -0.2) is 4.98 Å². The van der Waals surface area contributed by atoms with Gasteiger partial charge >= 0.3 is 33.4 Å². The highest BCUT2D eigenvalue weighted by atomic mass is 32.2. The van der Waals surface area contributed by atoms with Crippen LogP contribution in [0.5, 0.6) is 0 Å². The van der Waals surface area contributed by atoms with E-state index >= 15 is 0 Å². The lowest BCUT2D eigenvalue weighted by Crippen LogP contribution is -2.63. The van der Waals surface area contributed by atoms with Gasteiger partial charge in [-0.15, -0.1) is 0 Å². The van der Waals surface area contributed by atoms with E-state index in [0.717, 1.165) is 12.2 Å². The van der Waals surface area contributed by atoms with Crippen LogP contribution in [0.4, 0.5) is 39.5 Å². The second kappa shape index (κ2) is 17.3. The van der Waals surface area contributed by atoms with Crippen molar-refractivity contribution in [2.24, 2.45) is 0 Å². The first-order valence-electron chi connectivity index (χ1n) is 13.1. The molecule has 0 aliphatic carbocycles. The Morgan fingerprint density at radius 1 is 0.692 bits per heavy atom. The number of unbranched alkanes of at least 4 members (excludes halogenated alkanes) is 14. The molecule has 1 aromatic rings. The minimum atomic E-state index is -7.37. The number of imidazole rings is 1. The smallest absolute Gasteiger partial charge is 0.349 e. The van der Waals surface area contributed by atoms with Crippen molar-refractivity contribution in [1.82, 2.24) is 9.97 Å². The summed E-state index contributed by atoms with van der Waals surface area (Å²) in [5.74, 6) is -13.6. The average Bonchev–Trinajstić information content (AvgIpc) is 3.34. The summed E-state index contributed by atoms with van der Waals surface area (Å²) in [6.45, 7) is 2.29. The van der Waals surface area contributed by atoms with Crippen LogP contribution < -0.4 is 0 Å². The molecule has 39 heavy (non-hydrogen) atoms. The van der Waals surface area contributed by atoms with Gasteiger partial charge in [0.15, 0.2) is 0 Å². The molecule has 0 fully saturated rings. The maximum absolute atomic E-state index is 12.2. The Kier molecular flexibility index (Phi) is 16.7. The first kappa shape index (κ1) is 37.5. The van der Waals surface area contributed by atoms with Crippen molar-refractivity contribution in [1.29, 1.82) is 0 Å². The van der Waals surface area contributed by atoms with Gasteiger partial charge < -0.3 is 4.98 Å². The fraction of sp³-hybridized carbons (Fsp3) is 0.875. The molecular formula is C24H39F9N2O3S. The Morgan fingerprint density at radius 2 is 1.08 bits per heavy atom. The maximum atomic E-state index is 12.2. The zero-order valence-electron chi connectivity index (χ0n) is 22.0. The third-order valence-corrected chi connectivity index (χ3v) is 6.92. The summed E-state index contributed by atoms with van der Waals surface area (Å²) >= 11 is 0. The molecule has 0 aliphatic rings. The number of alkyl halides is 9. The number of hydrogen-bond acceptors (Lipinski definition) is 3. The van der Waals surface area contributed by atoms with Gasteiger partial charge in [-0.2, -0.15) is 47.9 Å². The average molecular weight is 607 g/mol. The van der Waals surface area contributed by atoms with Crippen molar-refractivity contribution < 1.29 is 52.5 Å². The second-order valence-corrected chi connectivity index (χ2v) is 10.8. The quantitative estimate of drug-likeness (QED) is 0.0935. The molecule has 0 radical (unpaired) electrons. The molecule has 0 atom stereocenters. The minimum absolute atomic E-state index is 1.12. The Hall–Kier alpha value is -1.51. The lowest BCUT2D eigenvalue weighted by Gasteiger charge is -2.31. The van der Waals surface area contributed by atoms with Crippen LogP contribution in [-0.4, -0.2) is 46.2 Å². The lowest BCUT2D eigenvalue weighted by atomic mass is 10.0. The molecule has 1 aromatic heterocycles. The first-order chi connectivity index (χ1) is 17.9. The van der Waals surface area contributed by atoms with Gasteiger partial charge in [0.2, 0.25) is 0 Å². The van der Waals surface area contributed by atoms with Crippen molar-refractivity contribution in [3.05, 3.63) is 18.2 Å². The zero-order chi connectivity index (χ0) is 30.2. The van der Waals surface area contributed by atoms with Crippen LogP contribution in [0.1, 0.15) is 109 Å². The summed E-state index contributed by atoms with van der Waals surface area (Å²) in [4.78, 5) is 7.44. The van der Waals surface area contributed by atoms with E-state index in [1.54, 1.807) is 0 Å². The number of nitrogens with one attached hydrogen (secondary N) is 1. The number of halogens is 9. The Labute approximate surface area is 224 Å². The molecule has 1 rings (SSSR count). The van der Waals surface area contributed by atoms with Gasteiger partial charge in [-0.05, 0) is 6.42 Å². The first-order valence-corrected chi connectivity index (χ1v) is 14.5. The van der Waals surface area contributed by atoms with Gasteiger partial charge in [-0.1, -0.05) is 96.8 Å².